The molecule has 4 nitrogen and oxygen atoms in total. The maximum Gasteiger partial charge on any atom is 0.258 e. The van der Waals surface area contributed by atoms with Crippen LogP contribution in [0.2, 0.25) is 0 Å². The van der Waals surface area contributed by atoms with Gasteiger partial charge in [-0.25, -0.2) is 0 Å². The molecular formula is C15H21NO3. The van der Waals surface area contributed by atoms with Gasteiger partial charge in [-0.2, -0.15) is 0 Å². The van der Waals surface area contributed by atoms with Crippen LogP contribution < -0.4 is 10.1 Å². The summed E-state index contributed by atoms with van der Waals surface area (Å²) in [7, 11) is 0. The molecule has 0 aromatic heterocycles. The van der Waals surface area contributed by atoms with Gasteiger partial charge in [-0.3, -0.25) is 4.79 Å². The Bertz CT molecular complexity index is 455. The van der Waals surface area contributed by atoms with Crippen LogP contribution >= 0.6 is 0 Å². The van der Waals surface area contributed by atoms with Gasteiger partial charge in [-0.1, -0.05) is 17.7 Å². The second kappa shape index (κ2) is 5.61. The Morgan fingerprint density at radius 3 is 2.42 bits per heavy atom. The Labute approximate surface area is 113 Å². The average molecular weight is 263 g/mol. The van der Waals surface area contributed by atoms with Crippen LogP contribution in [0.5, 0.6) is 5.75 Å². The van der Waals surface area contributed by atoms with Gasteiger partial charge >= 0.3 is 0 Å². The van der Waals surface area contributed by atoms with Crippen LogP contribution in [-0.2, 0) is 4.79 Å². The Kier molecular flexibility index (Phi) is 4.10. The fourth-order valence-electron chi connectivity index (χ4n) is 2.51. The van der Waals surface area contributed by atoms with Crippen molar-refractivity contribution in [2.24, 2.45) is 0 Å². The number of carbonyl (C=O) groups is 1. The number of rotatable bonds is 4. The number of aliphatic hydroxyl groups excluding tert-OH is 1. The van der Waals surface area contributed by atoms with E-state index in [1.54, 1.807) is 0 Å². The predicted molar refractivity (Wildman–Crippen MR) is 73.3 cm³/mol. The second-order valence-corrected chi connectivity index (χ2v) is 5.41. The molecule has 1 amide bonds. The first-order valence-corrected chi connectivity index (χ1v) is 6.64. The highest BCUT2D eigenvalue weighted by Gasteiger charge is 2.28. The summed E-state index contributed by atoms with van der Waals surface area (Å²) in [5.41, 5.74) is 3.28. The number of carbonyl (C=O) groups excluding carboxylic acids is 1. The molecule has 0 radical (unpaired) electrons. The maximum absolute atomic E-state index is 11.7. The molecule has 1 aromatic rings. The van der Waals surface area contributed by atoms with Gasteiger partial charge in [0.05, 0.1) is 6.10 Å². The van der Waals surface area contributed by atoms with Gasteiger partial charge in [0.2, 0.25) is 0 Å². The zero-order chi connectivity index (χ0) is 14.0. The van der Waals surface area contributed by atoms with Crippen molar-refractivity contribution in [3.63, 3.8) is 0 Å². The van der Waals surface area contributed by atoms with Crippen molar-refractivity contribution in [2.75, 3.05) is 6.61 Å². The average Bonchev–Trinajstić information content (AvgIpc) is 2.25. The summed E-state index contributed by atoms with van der Waals surface area (Å²) in [4.78, 5) is 11.7. The van der Waals surface area contributed by atoms with E-state index in [1.807, 2.05) is 32.9 Å². The summed E-state index contributed by atoms with van der Waals surface area (Å²) in [6, 6.07) is 4.19. The molecule has 0 unspecified atom stereocenters. The highest BCUT2D eigenvalue weighted by molar-refractivity contribution is 5.78. The van der Waals surface area contributed by atoms with E-state index < -0.39 is 0 Å². The molecule has 2 rings (SSSR count). The van der Waals surface area contributed by atoms with Crippen molar-refractivity contribution in [1.82, 2.24) is 5.32 Å². The van der Waals surface area contributed by atoms with Crippen molar-refractivity contribution >= 4 is 5.91 Å². The summed E-state index contributed by atoms with van der Waals surface area (Å²) in [5, 5.41) is 12.0. The van der Waals surface area contributed by atoms with Gasteiger partial charge in [0.15, 0.2) is 6.61 Å². The Morgan fingerprint density at radius 1 is 1.32 bits per heavy atom. The van der Waals surface area contributed by atoms with Crippen LogP contribution in [0.4, 0.5) is 0 Å². The van der Waals surface area contributed by atoms with Crippen LogP contribution in [0, 0.1) is 20.8 Å². The standard InChI is InChI=1S/C15H21NO3/c1-9-4-10(2)15(11(3)5-9)19-8-14(18)16-12-6-13(17)7-12/h4-5,12-13,17H,6-8H2,1-3H3,(H,16,18). The van der Waals surface area contributed by atoms with Gasteiger partial charge in [0.1, 0.15) is 5.75 Å². The maximum atomic E-state index is 11.7. The van der Waals surface area contributed by atoms with E-state index in [-0.39, 0.29) is 24.7 Å². The molecule has 0 aliphatic heterocycles. The number of amides is 1. The first-order chi connectivity index (χ1) is 8.95. The lowest BCUT2D eigenvalue weighted by molar-refractivity contribution is -0.125. The highest BCUT2D eigenvalue weighted by Crippen LogP contribution is 2.24. The number of ether oxygens (including phenoxy) is 1. The monoisotopic (exact) mass is 263 g/mol. The van der Waals surface area contributed by atoms with Crippen molar-refractivity contribution in [3.05, 3.63) is 28.8 Å². The minimum Gasteiger partial charge on any atom is -0.483 e. The topological polar surface area (TPSA) is 58.6 Å². The largest absolute Gasteiger partial charge is 0.483 e. The molecule has 4 heteroatoms. The molecule has 1 aromatic carbocycles. The predicted octanol–water partition coefficient (Wildman–Crippen LogP) is 1.63. The van der Waals surface area contributed by atoms with E-state index in [0.29, 0.717) is 12.8 Å². The second-order valence-electron chi connectivity index (χ2n) is 5.41. The lowest BCUT2D eigenvalue weighted by Crippen LogP contribution is -2.48. The number of aryl methyl sites for hydroxylation is 3. The van der Waals surface area contributed by atoms with Gasteiger partial charge in [0, 0.05) is 6.04 Å². The van der Waals surface area contributed by atoms with E-state index in [1.165, 1.54) is 5.56 Å². The van der Waals surface area contributed by atoms with Gasteiger partial charge in [-0.05, 0) is 44.7 Å². The molecule has 1 aliphatic rings. The molecule has 0 saturated heterocycles. The zero-order valence-corrected chi connectivity index (χ0v) is 11.7. The molecule has 0 spiro atoms. The van der Waals surface area contributed by atoms with Crippen molar-refractivity contribution in [1.29, 1.82) is 0 Å². The van der Waals surface area contributed by atoms with E-state index in [2.05, 4.69) is 5.32 Å². The fraction of sp³-hybridized carbons (Fsp3) is 0.533. The fourth-order valence-corrected chi connectivity index (χ4v) is 2.51. The number of hydrogen-bond acceptors (Lipinski definition) is 3. The molecule has 1 saturated carbocycles. The minimum absolute atomic E-state index is 0.0251. The molecule has 104 valence electrons. The van der Waals surface area contributed by atoms with Crippen LogP contribution in [0.25, 0.3) is 0 Å². The van der Waals surface area contributed by atoms with Crippen molar-refractivity contribution < 1.29 is 14.6 Å². The first-order valence-electron chi connectivity index (χ1n) is 6.64. The minimum atomic E-state index is -0.257. The van der Waals surface area contributed by atoms with Crippen LogP contribution in [0.15, 0.2) is 12.1 Å². The normalized spacial score (nSPS) is 21.7. The molecule has 0 bridgehead atoms. The summed E-state index contributed by atoms with van der Waals surface area (Å²) in [6.07, 6.45) is 1.04. The molecule has 1 fully saturated rings. The lowest BCUT2D eigenvalue weighted by Gasteiger charge is -2.31. The Balaban J connectivity index is 1.86. The third-order valence-electron chi connectivity index (χ3n) is 3.43. The van der Waals surface area contributed by atoms with Crippen LogP contribution in [0.3, 0.4) is 0 Å². The number of hydrogen-bond donors (Lipinski definition) is 2. The smallest absolute Gasteiger partial charge is 0.258 e. The highest BCUT2D eigenvalue weighted by atomic mass is 16.5. The Morgan fingerprint density at radius 2 is 1.89 bits per heavy atom. The summed E-state index contributed by atoms with van der Waals surface area (Å²) < 4.78 is 5.61. The van der Waals surface area contributed by atoms with Crippen LogP contribution in [0.1, 0.15) is 29.5 Å². The molecule has 0 atom stereocenters. The number of nitrogens with one attached hydrogen (secondary N) is 1. The van der Waals surface area contributed by atoms with Crippen LogP contribution in [-0.4, -0.2) is 29.8 Å². The number of benzene rings is 1. The first kappa shape index (κ1) is 13.9. The Hall–Kier alpha value is -1.55. The summed E-state index contributed by atoms with van der Waals surface area (Å²) >= 11 is 0. The van der Waals surface area contributed by atoms with Gasteiger partial charge in [0.25, 0.3) is 5.91 Å². The lowest BCUT2D eigenvalue weighted by atomic mass is 9.89. The molecular weight excluding hydrogens is 242 g/mol. The third-order valence-corrected chi connectivity index (χ3v) is 3.43. The molecule has 19 heavy (non-hydrogen) atoms. The number of aliphatic hydroxyl groups is 1. The molecule has 0 heterocycles. The van der Waals surface area contributed by atoms with Gasteiger partial charge < -0.3 is 15.2 Å². The zero-order valence-electron chi connectivity index (χ0n) is 11.7. The summed E-state index contributed by atoms with van der Waals surface area (Å²) in [6.45, 7) is 6.03. The quantitative estimate of drug-likeness (QED) is 0.868. The summed E-state index contributed by atoms with van der Waals surface area (Å²) in [5.74, 6) is 0.658. The van der Waals surface area contributed by atoms with E-state index in [0.717, 1.165) is 16.9 Å². The van der Waals surface area contributed by atoms with Crippen molar-refractivity contribution in [2.45, 2.75) is 45.8 Å². The molecule has 1 aliphatic carbocycles. The third kappa shape index (κ3) is 3.47. The van der Waals surface area contributed by atoms with E-state index in [9.17, 15) is 4.79 Å². The SMILES string of the molecule is Cc1cc(C)c(OCC(=O)NC2CC(O)C2)c(C)c1. The molecule has 2 N–H and O–H groups in total. The van der Waals surface area contributed by atoms with Gasteiger partial charge in [-0.15, -0.1) is 0 Å². The van der Waals surface area contributed by atoms with E-state index in [4.69, 9.17) is 9.84 Å². The van der Waals surface area contributed by atoms with Crippen molar-refractivity contribution in [3.8, 4) is 5.75 Å². The van der Waals surface area contributed by atoms with E-state index >= 15 is 0 Å².